The number of carbonyl (C=O) groups excluding carboxylic acids is 2. The Bertz CT molecular complexity index is 994. The van der Waals surface area contributed by atoms with Gasteiger partial charge in [-0.05, 0) is 38.1 Å². The van der Waals surface area contributed by atoms with E-state index in [0.29, 0.717) is 12.1 Å². The number of ether oxygens (including phenoxy) is 1. The summed E-state index contributed by atoms with van der Waals surface area (Å²) in [6.07, 6.45) is 2.85. The van der Waals surface area contributed by atoms with Crippen LogP contribution in [-0.4, -0.2) is 27.9 Å². The summed E-state index contributed by atoms with van der Waals surface area (Å²) in [5, 5.41) is 0.229. The third-order valence-corrected chi connectivity index (χ3v) is 4.82. The Hall–Kier alpha value is -2.57. The fourth-order valence-corrected chi connectivity index (χ4v) is 2.98. The molecule has 0 bridgehead atoms. The molecule has 6 nitrogen and oxygen atoms in total. The van der Waals surface area contributed by atoms with E-state index in [1.165, 1.54) is 12.3 Å². The van der Waals surface area contributed by atoms with Crippen molar-refractivity contribution in [2.75, 3.05) is 6.61 Å². The summed E-state index contributed by atoms with van der Waals surface area (Å²) >= 11 is 11.6. The Labute approximate surface area is 165 Å². The van der Waals surface area contributed by atoms with Gasteiger partial charge >= 0.3 is 5.97 Å². The smallest absolute Gasteiger partial charge is 0.340 e. The van der Waals surface area contributed by atoms with Crippen molar-refractivity contribution in [2.24, 2.45) is 0 Å². The largest absolute Gasteiger partial charge is 0.467 e. The van der Waals surface area contributed by atoms with Crippen LogP contribution < -0.4 is 0 Å². The number of nitrogens with zero attached hydrogens (tertiary/aromatic N) is 2. The molecule has 3 heterocycles. The van der Waals surface area contributed by atoms with Gasteiger partial charge in [0, 0.05) is 23.1 Å². The molecule has 0 aromatic carbocycles. The maximum absolute atomic E-state index is 12.5. The van der Waals surface area contributed by atoms with Crippen molar-refractivity contribution >= 4 is 35.0 Å². The molecule has 0 saturated carbocycles. The van der Waals surface area contributed by atoms with E-state index in [4.69, 9.17) is 32.4 Å². The molecule has 8 heteroatoms. The molecular weight excluding hydrogens is 391 g/mol. The van der Waals surface area contributed by atoms with Crippen LogP contribution in [0.15, 0.2) is 41.1 Å². The van der Waals surface area contributed by atoms with Crippen molar-refractivity contribution in [2.45, 2.75) is 20.4 Å². The Morgan fingerprint density at radius 1 is 1.26 bits per heavy atom. The zero-order valence-electron chi connectivity index (χ0n) is 14.7. The van der Waals surface area contributed by atoms with Crippen LogP contribution in [0.3, 0.4) is 0 Å². The Balaban J connectivity index is 1.69. The van der Waals surface area contributed by atoms with Gasteiger partial charge in [0.1, 0.15) is 10.9 Å². The molecule has 3 aromatic rings. The topological polar surface area (TPSA) is 74.3 Å². The molecule has 0 aliphatic carbocycles. The van der Waals surface area contributed by atoms with Crippen LogP contribution >= 0.6 is 23.2 Å². The third kappa shape index (κ3) is 4.23. The van der Waals surface area contributed by atoms with E-state index < -0.39 is 5.97 Å². The summed E-state index contributed by atoms with van der Waals surface area (Å²) in [6.45, 7) is 3.88. The highest BCUT2D eigenvalue weighted by atomic mass is 35.5. The van der Waals surface area contributed by atoms with Crippen molar-refractivity contribution < 1.29 is 18.7 Å². The van der Waals surface area contributed by atoms with Crippen molar-refractivity contribution in [3.8, 4) is 0 Å². The molecule has 27 heavy (non-hydrogen) atoms. The lowest BCUT2D eigenvalue weighted by atomic mass is 10.1. The number of aromatic nitrogens is 2. The minimum atomic E-state index is -0.696. The lowest BCUT2D eigenvalue weighted by Crippen LogP contribution is -2.15. The summed E-state index contributed by atoms with van der Waals surface area (Å²) in [4.78, 5) is 28.4. The van der Waals surface area contributed by atoms with Gasteiger partial charge < -0.3 is 13.7 Å². The fraction of sp³-hybridized carbons (Fsp3) is 0.211. The Morgan fingerprint density at radius 2 is 2.04 bits per heavy atom. The number of pyridine rings is 1. The fourth-order valence-electron chi connectivity index (χ4n) is 2.71. The van der Waals surface area contributed by atoms with Gasteiger partial charge in [-0.3, -0.25) is 4.79 Å². The summed E-state index contributed by atoms with van der Waals surface area (Å²) in [7, 11) is 0. The molecule has 0 amide bonds. The number of carbonyl (C=O) groups is 2. The van der Waals surface area contributed by atoms with E-state index in [1.54, 1.807) is 12.3 Å². The maximum atomic E-state index is 12.5. The molecule has 0 spiro atoms. The van der Waals surface area contributed by atoms with Gasteiger partial charge in [-0.25, -0.2) is 9.78 Å². The summed E-state index contributed by atoms with van der Waals surface area (Å²) in [6, 6.07) is 6.80. The average molecular weight is 407 g/mol. The van der Waals surface area contributed by atoms with E-state index in [2.05, 4.69) is 4.98 Å². The zero-order chi connectivity index (χ0) is 19.6. The lowest BCUT2D eigenvalue weighted by molar-refractivity contribution is 0.0474. The quantitative estimate of drug-likeness (QED) is 0.342. The summed E-state index contributed by atoms with van der Waals surface area (Å²) in [5.74, 6) is -0.205. The van der Waals surface area contributed by atoms with Gasteiger partial charge in [-0.15, -0.1) is 0 Å². The predicted molar refractivity (Wildman–Crippen MR) is 101 cm³/mol. The predicted octanol–water partition coefficient (Wildman–Crippen LogP) is 4.49. The number of esters is 1. The van der Waals surface area contributed by atoms with Crippen molar-refractivity contribution in [1.29, 1.82) is 0 Å². The van der Waals surface area contributed by atoms with E-state index >= 15 is 0 Å². The average Bonchev–Trinajstić information content (AvgIpc) is 3.25. The van der Waals surface area contributed by atoms with E-state index in [-0.39, 0.29) is 28.1 Å². The number of hydrogen-bond donors (Lipinski definition) is 0. The van der Waals surface area contributed by atoms with Crippen LogP contribution in [-0.2, 0) is 11.3 Å². The lowest BCUT2D eigenvalue weighted by Gasteiger charge is -2.08. The maximum Gasteiger partial charge on any atom is 0.340 e. The number of furan rings is 1. The first-order valence-corrected chi connectivity index (χ1v) is 8.83. The van der Waals surface area contributed by atoms with Crippen LogP contribution in [0.25, 0.3) is 0 Å². The second kappa shape index (κ2) is 7.98. The molecule has 0 unspecified atom stereocenters. The number of hydrogen-bond acceptors (Lipinski definition) is 5. The number of halogens is 2. The van der Waals surface area contributed by atoms with Crippen LogP contribution in [0.1, 0.15) is 37.9 Å². The molecule has 3 rings (SSSR count). The number of rotatable bonds is 6. The highest BCUT2D eigenvalue weighted by Gasteiger charge is 2.19. The highest BCUT2D eigenvalue weighted by molar-refractivity contribution is 6.41. The van der Waals surface area contributed by atoms with Crippen LogP contribution in [0, 0.1) is 13.8 Å². The van der Waals surface area contributed by atoms with Gasteiger partial charge in [0.25, 0.3) is 0 Å². The standard InChI is InChI=1S/C19H16Cl2N2O4/c1-11-6-15(12(2)23(11)9-14-4-3-5-26-14)17(24)10-27-19(25)13-7-16(20)18(21)22-8-13/h3-8H,9-10H2,1-2H3. The van der Waals surface area contributed by atoms with Gasteiger partial charge in [0.15, 0.2) is 6.61 Å². The minimum Gasteiger partial charge on any atom is -0.467 e. The van der Waals surface area contributed by atoms with Gasteiger partial charge in [-0.1, -0.05) is 23.2 Å². The molecule has 0 atom stereocenters. The number of aryl methyl sites for hydroxylation is 1. The van der Waals surface area contributed by atoms with Gasteiger partial charge in [0.2, 0.25) is 5.78 Å². The molecular formula is C19H16Cl2N2O4. The molecule has 0 aliphatic heterocycles. The Morgan fingerprint density at radius 3 is 2.70 bits per heavy atom. The molecule has 0 radical (unpaired) electrons. The number of Topliss-reactive ketones (excluding diaryl/α,β-unsaturated/α-hetero) is 1. The van der Waals surface area contributed by atoms with E-state index in [9.17, 15) is 9.59 Å². The molecule has 0 saturated heterocycles. The SMILES string of the molecule is Cc1cc(C(=O)COC(=O)c2cnc(Cl)c(Cl)c2)c(C)n1Cc1ccco1. The molecule has 0 aliphatic rings. The first kappa shape index (κ1) is 19.2. The third-order valence-electron chi connectivity index (χ3n) is 4.13. The zero-order valence-corrected chi connectivity index (χ0v) is 16.2. The van der Waals surface area contributed by atoms with Crippen molar-refractivity contribution in [1.82, 2.24) is 9.55 Å². The molecule has 0 N–H and O–H groups in total. The van der Waals surface area contributed by atoms with E-state index in [0.717, 1.165) is 17.1 Å². The molecule has 3 aromatic heterocycles. The van der Waals surface area contributed by atoms with Gasteiger partial charge in [0.05, 0.1) is 23.4 Å². The Kier molecular flexibility index (Phi) is 5.68. The highest BCUT2D eigenvalue weighted by Crippen LogP contribution is 2.21. The summed E-state index contributed by atoms with van der Waals surface area (Å²) in [5.41, 5.74) is 2.31. The van der Waals surface area contributed by atoms with Crippen molar-refractivity contribution in [3.05, 3.63) is 75.2 Å². The van der Waals surface area contributed by atoms with Crippen LogP contribution in [0.5, 0.6) is 0 Å². The van der Waals surface area contributed by atoms with Crippen LogP contribution in [0.2, 0.25) is 10.2 Å². The normalized spacial score (nSPS) is 10.8. The van der Waals surface area contributed by atoms with E-state index in [1.807, 2.05) is 30.5 Å². The molecule has 0 fully saturated rings. The second-order valence-electron chi connectivity index (χ2n) is 5.95. The second-order valence-corrected chi connectivity index (χ2v) is 6.71. The summed E-state index contributed by atoms with van der Waals surface area (Å²) < 4.78 is 12.4. The monoisotopic (exact) mass is 406 g/mol. The number of ketones is 1. The minimum absolute atomic E-state index is 0.0910. The first-order valence-electron chi connectivity index (χ1n) is 8.07. The molecule has 140 valence electrons. The van der Waals surface area contributed by atoms with Crippen molar-refractivity contribution in [3.63, 3.8) is 0 Å². The first-order chi connectivity index (χ1) is 12.9. The van der Waals surface area contributed by atoms with Crippen LogP contribution in [0.4, 0.5) is 0 Å². The van der Waals surface area contributed by atoms with Gasteiger partial charge in [-0.2, -0.15) is 0 Å².